The Hall–Kier alpha value is -0.530. The van der Waals surface area contributed by atoms with Gasteiger partial charge in [0.25, 0.3) is 0 Å². The van der Waals surface area contributed by atoms with Crippen LogP contribution in [0.1, 0.15) is 49.1 Å². The Kier molecular flexibility index (Phi) is 9.35. The number of hydrogen-bond acceptors (Lipinski definition) is 3. The lowest BCUT2D eigenvalue weighted by atomic mass is 9.74. The van der Waals surface area contributed by atoms with Crippen LogP contribution in [0, 0.1) is 5.92 Å². The van der Waals surface area contributed by atoms with Crippen molar-refractivity contribution in [2.24, 2.45) is 11.7 Å². The number of alkyl halides is 3. The van der Waals surface area contributed by atoms with Gasteiger partial charge >= 0.3 is 6.18 Å². The van der Waals surface area contributed by atoms with E-state index in [0.717, 1.165) is 51.3 Å². The van der Waals surface area contributed by atoms with Gasteiger partial charge in [0.15, 0.2) is 0 Å². The largest absolute Gasteiger partial charge is 0.416 e. The van der Waals surface area contributed by atoms with Gasteiger partial charge in [0.05, 0.1) is 11.7 Å². The quantitative estimate of drug-likeness (QED) is 0.754. The summed E-state index contributed by atoms with van der Waals surface area (Å²) in [7, 11) is 0. The second-order valence-electron chi connectivity index (χ2n) is 7.55. The lowest BCUT2D eigenvalue weighted by Crippen LogP contribution is -2.37. The number of aliphatic hydroxyl groups excluding tert-OH is 1. The van der Waals surface area contributed by atoms with Crippen molar-refractivity contribution in [1.82, 2.24) is 4.90 Å². The molecule has 4 atom stereocenters. The average Bonchev–Trinajstić information content (AvgIpc) is 2.98. The van der Waals surface area contributed by atoms with Gasteiger partial charge < -0.3 is 15.7 Å². The molecule has 8 heteroatoms. The fraction of sp³-hybridized carbons (Fsp3) is 0.684. The zero-order valence-electron chi connectivity index (χ0n) is 15.2. The molecule has 2 fully saturated rings. The van der Waals surface area contributed by atoms with Crippen LogP contribution in [-0.2, 0) is 6.18 Å². The van der Waals surface area contributed by atoms with Crippen LogP contribution in [0.15, 0.2) is 24.3 Å². The number of hydrogen-bond donors (Lipinski definition) is 2. The summed E-state index contributed by atoms with van der Waals surface area (Å²) >= 11 is 0. The summed E-state index contributed by atoms with van der Waals surface area (Å²) in [6.45, 7) is 2.31. The van der Waals surface area contributed by atoms with Gasteiger partial charge in [-0.3, -0.25) is 0 Å². The normalized spacial score (nSPS) is 27.5. The molecule has 3 rings (SSSR count). The molecule has 0 radical (unpaired) electrons. The number of halogens is 5. The molecule has 1 aromatic rings. The van der Waals surface area contributed by atoms with Crippen molar-refractivity contribution in [2.45, 2.75) is 56.3 Å². The number of nitrogens with zero attached hydrogens (tertiary/aromatic N) is 1. The first kappa shape index (κ1) is 24.5. The third-order valence-electron chi connectivity index (χ3n) is 5.70. The van der Waals surface area contributed by atoms with E-state index in [-0.39, 0.29) is 42.7 Å². The maximum absolute atomic E-state index is 13.1. The standard InChI is InChI=1S/C19H27F3N2O.2ClH/c20-19(21,22)14-5-3-4-13(10-14)17(12-24-9-8-15(23)11-24)16-6-1-2-7-18(16)25;;/h3-5,10,15-18,25H,1-2,6-9,11-12,23H2;2*1H/t15-,16?,17?,18?;;/m0../s1. The average molecular weight is 429 g/mol. The molecule has 3 nitrogen and oxygen atoms in total. The molecule has 0 bridgehead atoms. The summed E-state index contributed by atoms with van der Waals surface area (Å²) in [4.78, 5) is 2.23. The molecular weight excluding hydrogens is 400 g/mol. The van der Waals surface area contributed by atoms with Crippen LogP contribution in [0.4, 0.5) is 13.2 Å². The topological polar surface area (TPSA) is 49.5 Å². The summed E-state index contributed by atoms with van der Waals surface area (Å²) in [6, 6.07) is 5.78. The molecule has 1 aliphatic heterocycles. The summed E-state index contributed by atoms with van der Waals surface area (Å²) in [5.41, 5.74) is 6.06. The van der Waals surface area contributed by atoms with Crippen LogP contribution < -0.4 is 5.73 Å². The Labute approximate surface area is 171 Å². The molecule has 3 unspecified atom stereocenters. The third-order valence-corrected chi connectivity index (χ3v) is 5.70. The van der Waals surface area contributed by atoms with E-state index in [1.807, 2.05) is 0 Å². The second kappa shape index (κ2) is 10.3. The fourth-order valence-electron chi connectivity index (χ4n) is 4.35. The minimum atomic E-state index is -4.35. The highest BCUT2D eigenvalue weighted by Gasteiger charge is 2.36. The predicted molar refractivity (Wildman–Crippen MR) is 106 cm³/mol. The summed E-state index contributed by atoms with van der Waals surface area (Å²) < 4.78 is 39.4. The van der Waals surface area contributed by atoms with Crippen molar-refractivity contribution in [3.05, 3.63) is 35.4 Å². The monoisotopic (exact) mass is 428 g/mol. The van der Waals surface area contributed by atoms with Gasteiger partial charge in [-0.2, -0.15) is 13.2 Å². The molecule has 0 aromatic heterocycles. The highest BCUT2D eigenvalue weighted by Crippen LogP contribution is 2.39. The van der Waals surface area contributed by atoms with E-state index in [0.29, 0.717) is 12.1 Å². The first-order valence-electron chi connectivity index (χ1n) is 9.18. The van der Waals surface area contributed by atoms with Crippen LogP contribution in [0.2, 0.25) is 0 Å². The Morgan fingerprint density at radius 2 is 1.85 bits per heavy atom. The van der Waals surface area contributed by atoms with Crippen molar-refractivity contribution in [3.8, 4) is 0 Å². The van der Waals surface area contributed by atoms with Crippen molar-refractivity contribution in [3.63, 3.8) is 0 Å². The SMILES string of the molecule is Cl.Cl.N[C@H]1CCN(CC(c2cccc(C(F)(F)F)c2)C2CCCCC2O)C1. The molecule has 2 aliphatic rings. The Bertz CT molecular complexity index is 588. The van der Waals surface area contributed by atoms with Gasteiger partial charge in [0, 0.05) is 25.0 Å². The molecule has 27 heavy (non-hydrogen) atoms. The van der Waals surface area contributed by atoms with Crippen molar-refractivity contribution >= 4 is 24.8 Å². The smallest absolute Gasteiger partial charge is 0.393 e. The van der Waals surface area contributed by atoms with Gasteiger partial charge in [-0.25, -0.2) is 0 Å². The number of benzene rings is 1. The fourth-order valence-corrected chi connectivity index (χ4v) is 4.35. The van der Waals surface area contributed by atoms with E-state index in [1.54, 1.807) is 6.07 Å². The molecule has 156 valence electrons. The molecule has 0 spiro atoms. The first-order valence-corrected chi connectivity index (χ1v) is 9.18. The molecular formula is C19H29Cl2F3N2O. The van der Waals surface area contributed by atoms with E-state index in [9.17, 15) is 18.3 Å². The number of likely N-dealkylation sites (tertiary alicyclic amines) is 1. The summed E-state index contributed by atoms with van der Waals surface area (Å²) in [5.74, 6) is -0.0861. The number of nitrogens with two attached hydrogens (primary N) is 1. The van der Waals surface area contributed by atoms with Gasteiger partial charge in [-0.1, -0.05) is 31.0 Å². The summed E-state index contributed by atoms with van der Waals surface area (Å²) in [5, 5.41) is 10.5. The zero-order chi connectivity index (χ0) is 18.0. The molecule has 1 heterocycles. The predicted octanol–water partition coefficient (Wildman–Crippen LogP) is 4.22. The van der Waals surface area contributed by atoms with Crippen LogP contribution in [-0.4, -0.2) is 41.8 Å². The van der Waals surface area contributed by atoms with E-state index in [4.69, 9.17) is 5.73 Å². The first-order chi connectivity index (χ1) is 11.8. The zero-order valence-corrected chi connectivity index (χ0v) is 16.8. The lowest BCUT2D eigenvalue weighted by molar-refractivity contribution is -0.137. The second-order valence-corrected chi connectivity index (χ2v) is 7.55. The highest BCUT2D eigenvalue weighted by atomic mass is 35.5. The maximum atomic E-state index is 13.1. The maximum Gasteiger partial charge on any atom is 0.416 e. The summed E-state index contributed by atoms with van der Waals surface area (Å²) in [6.07, 6.45) is -0.256. The van der Waals surface area contributed by atoms with E-state index in [1.165, 1.54) is 12.1 Å². The van der Waals surface area contributed by atoms with Gasteiger partial charge in [-0.05, 0) is 43.4 Å². The number of rotatable bonds is 4. The van der Waals surface area contributed by atoms with Crippen LogP contribution in [0.5, 0.6) is 0 Å². The Morgan fingerprint density at radius 1 is 1.15 bits per heavy atom. The van der Waals surface area contributed by atoms with Crippen molar-refractivity contribution in [2.75, 3.05) is 19.6 Å². The molecule has 1 aliphatic carbocycles. The van der Waals surface area contributed by atoms with E-state index < -0.39 is 17.8 Å². The Morgan fingerprint density at radius 3 is 2.44 bits per heavy atom. The van der Waals surface area contributed by atoms with Crippen LogP contribution in [0.3, 0.4) is 0 Å². The van der Waals surface area contributed by atoms with E-state index in [2.05, 4.69) is 4.90 Å². The lowest BCUT2D eigenvalue weighted by Gasteiger charge is -2.37. The minimum absolute atomic E-state index is 0. The van der Waals surface area contributed by atoms with Crippen molar-refractivity contribution in [1.29, 1.82) is 0 Å². The molecule has 1 aromatic carbocycles. The molecule has 0 amide bonds. The van der Waals surface area contributed by atoms with Crippen LogP contribution in [0.25, 0.3) is 0 Å². The minimum Gasteiger partial charge on any atom is -0.393 e. The van der Waals surface area contributed by atoms with Crippen LogP contribution >= 0.6 is 24.8 Å². The molecule has 3 N–H and O–H groups in total. The van der Waals surface area contributed by atoms with Crippen molar-refractivity contribution < 1.29 is 18.3 Å². The molecule has 1 saturated carbocycles. The van der Waals surface area contributed by atoms with E-state index >= 15 is 0 Å². The Balaban J connectivity index is 0.00000182. The van der Waals surface area contributed by atoms with Gasteiger partial charge in [-0.15, -0.1) is 24.8 Å². The van der Waals surface area contributed by atoms with Gasteiger partial charge in [0.1, 0.15) is 0 Å². The third kappa shape index (κ3) is 6.23. The number of aliphatic hydroxyl groups is 1. The van der Waals surface area contributed by atoms with Gasteiger partial charge in [0.2, 0.25) is 0 Å². The molecule has 1 saturated heterocycles. The highest BCUT2D eigenvalue weighted by molar-refractivity contribution is 5.85.